The number of nitrogens with zero attached hydrogens (tertiary/aromatic N) is 4. The second-order valence-corrected chi connectivity index (χ2v) is 14.0. The zero-order chi connectivity index (χ0) is 38.7. The van der Waals surface area contributed by atoms with Crippen LogP contribution in [0.5, 0.6) is 0 Å². The zero-order valence-corrected chi connectivity index (χ0v) is 30.1. The second-order valence-electron chi connectivity index (χ2n) is 14.0. The van der Waals surface area contributed by atoms with Gasteiger partial charge in [-0.3, -0.25) is 0 Å². The molecule has 0 aliphatic rings. The summed E-state index contributed by atoms with van der Waals surface area (Å²) in [5, 5.41) is 4.77. The van der Waals surface area contributed by atoms with Crippen LogP contribution in [0.1, 0.15) is 0 Å². The van der Waals surface area contributed by atoms with Crippen LogP contribution in [0.25, 0.3) is 106 Å². The second kappa shape index (κ2) is 12.4. The minimum absolute atomic E-state index is 0.0897. The van der Waals surface area contributed by atoms with Crippen molar-refractivity contribution >= 4 is 146 Å². The zero-order valence-electron chi connectivity index (χ0n) is 30.1. The highest BCUT2D eigenvalue weighted by Crippen LogP contribution is 2.38. The number of para-hydroxylation sites is 4. The summed E-state index contributed by atoms with van der Waals surface area (Å²) in [4.78, 5) is 15.1. The molecule has 0 unspecified atom stereocenters. The first kappa shape index (κ1) is 33.7. The number of benzene rings is 7. The van der Waals surface area contributed by atoms with Crippen LogP contribution in [-0.4, -0.2) is 66.6 Å². The van der Waals surface area contributed by atoms with Gasteiger partial charge in [-0.2, -0.15) is 0 Å². The van der Waals surface area contributed by atoms with E-state index in [0.29, 0.717) is 44.8 Å². The Morgan fingerprint density at radius 1 is 0.404 bits per heavy atom. The van der Waals surface area contributed by atoms with Gasteiger partial charge in [-0.15, -0.1) is 5.46 Å². The number of aromatic nitrogens is 4. The Labute approximate surface area is 333 Å². The van der Waals surface area contributed by atoms with E-state index in [2.05, 4.69) is 12.1 Å². The van der Waals surface area contributed by atoms with E-state index in [1.54, 1.807) is 0 Å². The molecule has 11 rings (SSSR count). The maximum Gasteiger partial charge on any atom is 0.167 e. The first-order valence-corrected chi connectivity index (χ1v) is 18.2. The van der Waals surface area contributed by atoms with E-state index < -0.39 is 0 Å². The van der Waals surface area contributed by atoms with E-state index in [-0.39, 0.29) is 49.8 Å². The van der Waals surface area contributed by atoms with Crippen LogP contribution in [0.15, 0.2) is 130 Å². The predicted molar refractivity (Wildman–Crippen MR) is 237 cm³/mol. The van der Waals surface area contributed by atoms with Crippen LogP contribution >= 0.6 is 0 Å². The highest BCUT2D eigenvalue weighted by atomic mass is 16.3. The Morgan fingerprint density at radius 3 is 1.74 bits per heavy atom. The molecule has 0 amide bonds. The fraction of sp³-hybridized carbons (Fsp3) is 0. The average molecular weight is 714 g/mol. The van der Waals surface area contributed by atoms with Crippen molar-refractivity contribution in [2.75, 3.05) is 0 Å². The van der Waals surface area contributed by atoms with Crippen molar-refractivity contribution in [1.29, 1.82) is 0 Å². The monoisotopic (exact) mass is 714 g/mol. The van der Waals surface area contributed by atoms with Crippen molar-refractivity contribution in [2.24, 2.45) is 0 Å². The summed E-state index contributed by atoms with van der Waals surface area (Å²) in [6.45, 7) is 0. The number of furan rings is 2. The smallest absolute Gasteiger partial charge is 0.167 e. The molecule has 4 aromatic heterocycles. The number of hydrogen-bond donors (Lipinski definition) is 0. The van der Waals surface area contributed by atoms with Crippen molar-refractivity contribution in [3.8, 4) is 39.9 Å². The first-order valence-electron chi connectivity index (χ1n) is 18.2. The summed E-state index contributed by atoms with van der Waals surface area (Å²) < 4.78 is 15.0. The average Bonchev–Trinajstić information content (AvgIpc) is 3.93. The van der Waals surface area contributed by atoms with Gasteiger partial charge in [0.2, 0.25) is 0 Å². The van der Waals surface area contributed by atoms with Crippen LogP contribution < -0.4 is 32.8 Å². The van der Waals surface area contributed by atoms with Gasteiger partial charge in [-0.05, 0) is 29.7 Å². The Morgan fingerprint density at radius 2 is 1.00 bits per heavy atom. The van der Waals surface area contributed by atoms with Crippen molar-refractivity contribution in [2.45, 2.75) is 0 Å². The van der Waals surface area contributed by atoms with Gasteiger partial charge in [0.1, 0.15) is 69.4 Å². The van der Waals surface area contributed by atoms with Crippen LogP contribution in [-0.2, 0) is 0 Å². The largest absolute Gasteiger partial charge is 0.457 e. The third kappa shape index (κ3) is 4.76. The molecular formula is C45H20B6N4O2. The molecule has 0 aliphatic carbocycles. The maximum absolute atomic E-state index is 7.12. The summed E-state index contributed by atoms with van der Waals surface area (Å²) in [5.41, 5.74) is 6.89. The molecule has 0 spiro atoms. The summed E-state index contributed by atoms with van der Waals surface area (Å²) in [6, 6.07) is 39.4. The van der Waals surface area contributed by atoms with E-state index in [1.807, 2.05) is 114 Å². The van der Waals surface area contributed by atoms with Crippen molar-refractivity contribution in [3.63, 3.8) is 0 Å². The van der Waals surface area contributed by atoms with E-state index in [0.717, 1.165) is 43.7 Å². The van der Waals surface area contributed by atoms with Gasteiger partial charge in [-0.25, -0.2) is 15.0 Å². The Hall–Kier alpha value is -6.66. The number of hydrogen-bond acceptors (Lipinski definition) is 5. The Kier molecular flexibility index (Phi) is 7.34. The molecule has 12 heteroatoms. The maximum atomic E-state index is 7.12. The Balaban J connectivity index is 1.24. The highest BCUT2D eigenvalue weighted by Gasteiger charge is 2.27. The van der Waals surface area contributed by atoms with Crippen molar-refractivity contribution < 1.29 is 8.83 Å². The molecular weight excluding hydrogens is 693 g/mol. The summed E-state index contributed by atoms with van der Waals surface area (Å²) >= 11 is 0. The first-order chi connectivity index (χ1) is 27.8. The molecule has 0 aliphatic heterocycles. The molecule has 0 fully saturated rings. The van der Waals surface area contributed by atoms with E-state index >= 15 is 0 Å². The Bertz CT molecular complexity index is 3450. The quantitative estimate of drug-likeness (QED) is 0.251. The van der Waals surface area contributed by atoms with Gasteiger partial charge in [0.15, 0.2) is 17.5 Å². The van der Waals surface area contributed by atoms with Gasteiger partial charge in [0, 0.05) is 49.1 Å². The standard InChI is InChI=1S/C45H20B6N4O2/c46-33-31-30-32(45-53-43(21-11-2-1-3-12-21)52-44(54-45)26-17-10-16-25-24-15-6-9-20-29(24)56-40(25)26)34(47)35(48)37(50)41(30)57-42(31)38(51)39(36(33)49)55-27-18-7-4-13-22(27)23-14-5-8-19-28(23)55/h1-20H. The van der Waals surface area contributed by atoms with Gasteiger partial charge < -0.3 is 13.4 Å². The molecule has 12 radical (unpaired) electrons. The molecule has 57 heavy (non-hydrogen) atoms. The van der Waals surface area contributed by atoms with Crippen molar-refractivity contribution in [3.05, 3.63) is 121 Å². The number of fused-ring (bicyclic) bond motifs is 9. The summed E-state index contributed by atoms with van der Waals surface area (Å²) in [5.74, 6) is 0.937. The normalized spacial score (nSPS) is 11.9. The lowest BCUT2D eigenvalue weighted by molar-refractivity contribution is 0.669. The fourth-order valence-corrected chi connectivity index (χ4v) is 8.24. The van der Waals surface area contributed by atoms with E-state index in [1.165, 1.54) is 0 Å². The lowest BCUT2D eigenvalue weighted by Gasteiger charge is -2.19. The molecule has 0 saturated heterocycles. The summed E-state index contributed by atoms with van der Waals surface area (Å²) in [6.07, 6.45) is 0. The molecule has 0 saturated carbocycles. The lowest BCUT2D eigenvalue weighted by atomic mass is 9.67. The lowest BCUT2D eigenvalue weighted by Crippen LogP contribution is -2.41. The molecule has 0 N–H and O–H groups in total. The molecule has 7 aromatic carbocycles. The highest BCUT2D eigenvalue weighted by molar-refractivity contribution is 6.64. The van der Waals surface area contributed by atoms with Crippen molar-refractivity contribution in [1.82, 2.24) is 19.5 Å². The predicted octanol–water partition coefficient (Wildman–Crippen LogP) is 4.53. The van der Waals surface area contributed by atoms with Crippen LogP contribution in [0, 0.1) is 0 Å². The summed E-state index contributed by atoms with van der Waals surface area (Å²) in [7, 11) is 41.6. The van der Waals surface area contributed by atoms with Crippen LogP contribution in [0.4, 0.5) is 0 Å². The minimum atomic E-state index is 0.0897. The van der Waals surface area contributed by atoms with E-state index in [9.17, 15) is 0 Å². The topological polar surface area (TPSA) is 69.9 Å². The van der Waals surface area contributed by atoms with Crippen LogP contribution in [0.3, 0.4) is 0 Å². The third-order valence-electron chi connectivity index (χ3n) is 10.9. The minimum Gasteiger partial charge on any atom is -0.457 e. The van der Waals surface area contributed by atoms with Crippen LogP contribution in [0.2, 0.25) is 0 Å². The van der Waals surface area contributed by atoms with E-state index in [4.69, 9.17) is 70.9 Å². The third-order valence-corrected chi connectivity index (χ3v) is 10.9. The van der Waals surface area contributed by atoms with Gasteiger partial charge in [0.25, 0.3) is 0 Å². The van der Waals surface area contributed by atoms with Gasteiger partial charge in [-0.1, -0.05) is 119 Å². The fourth-order valence-electron chi connectivity index (χ4n) is 8.24. The molecule has 6 nitrogen and oxygen atoms in total. The molecule has 4 heterocycles. The SMILES string of the molecule is [B]c1c([B])c(-c2nc(-c3ccccc3)nc(-c3cccc4c3oc3ccccc34)n2)c2c(oc3c([B])c(-n4c5ccccc5c5ccccc54)c([B])c([B])c32)c1[B]. The molecule has 11 aromatic rings. The van der Waals surface area contributed by atoms with Gasteiger partial charge in [0.05, 0.1) is 16.6 Å². The molecule has 0 atom stereocenters. The molecule has 250 valence electrons. The number of rotatable bonds is 4. The van der Waals surface area contributed by atoms with Gasteiger partial charge >= 0.3 is 0 Å². The molecule has 0 bridgehead atoms.